The van der Waals surface area contributed by atoms with Gasteiger partial charge in [-0.15, -0.1) is 0 Å². The Hall–Kier alpha value is -2.64. The number of hydrogen-bond acceptors (Lipinski definition) is 5. The second-order valence-electron chi connectivity index (χ2n) is 7.28. The van der Waals surface area contributed by atoms with E-state index in [9.17, 15) is 14.4 Å². The van der Waals surface area contributed by atoms with Gasteiger partial charge in [-0.3, -0.25) is 19.0 Å². The number of nitrogens with zero attached hydrogens (tertiary/aromatic N) is 4. The van der Waals surface area contributed by atoms with Crippen LogP contribution < -0.4 is 11.1 Å². The van der Waals surface area contributed by atoms with Crippen molar-refractivity contribution in [1.82, 2.24) is 19.2 Å². The van der Waals surface area contributed by atoms with Crippen LogP contribution in [-0.4, -0.2) is 38.2 Å². The Morgan fingerprint density at radius 1 is 1.28 bits per heavy atom. The van der Waals surface area contributed by atoms with Crippen molar-refractivity contribution < 1.29 is 9.21 Å². The average molecular weight is 344 g/mol. The van der Waals surface area contributed by atoms with Gasteiger partial charge < -0.3 is 9.32 Å². The Balaban J connectivity index is 1.62. The quantitative estimate of drug-likeness (QED) is 0.747. The summed E-state index contributed by atoms with van der Waals surface area (Å²) in [6.07, 6.45) is 2.85. The molecule has 4 rings (SSSR count). The Bertz CT molecular complexity index is 941. The van der Waals surface area contributed by atoms with Gasteiger partial charge in [0.1, 0.15) is 5.82 Å². The highest BCUT2D eigenvalue weighted by molar-refractivity contribution is 5.91. The van der Waals surface area contributed by atoms with Gasteiger partial charge in [0.15, 0.2) is 5.76 Å². The number of carbonyl (C=O) groups excluding carboxylic acids is 1. The van der Waals surface area contributed by atoms with Crippen molar-refractivity contribution in [2.45, 2.75) is 39.3 Å². The van der Waals surface area contributed by atoms with Gasteiger partial charge in [0.25, 0.3) is 5.91 Å². The van der Waals surface area contributed by atoms with E-state index in [1.807, 2.05) is 13.8 Å². The van der Waals surface area contributed by atoms with Crippen molar-refractivity contribution in [1.29, 1.82) is 0 Å². The second-order valence-corrected chi connectivity index (χ2v) is 7.28. The first-order chi connectivity index (χ1) is 11.9. The zero-order chi connectivity index (χ0) is 17.8. The third kappa shape index (κ3) is 2.43. The molecule has 1 spiro atoms. The molecule has 2 aromatic heterocycles. The van der Waals surface area contributed by atoms with Crippen molar-refractivity contribution >= 4 is 5.91 Å². The number of likely N-dealkylation sites (tertiary alicyclic amines) is 1. The lowest BCUT2D eigenvalue weighted by Crippen LogP contribution is -2.44. The molecule has 0 saturated carbocycles. The van der Waals surface area contributed by atoms with E-state index in [0.29, 0.717) is 37.6 Å². The number of rotatable bonds is 2. The number of furan rings is 1. The second kappa shape index (κ2) is 5.44. The zero-order valence-electron chi connectivity index (χ0n) is 14.3. The van der Waals surface area contributed by atoms with Gasteiger partial charge >= 0.3 is 11.1 Å². The summed E-state index contributed by atoms with van der Waals surface area (Å²) in [5.41, 5.74) is -1.34. The van der Waals surface area contributed by atoms with Crippen LogP contribution in [0.25, 0.3) is 0 Å². The number of aromatic nitrogens is 3. The minimum absolute atomic E-state index is 0.139. The van der Waals surface area contributed by atoms with Gasteiger partial charge in [0, 0.05) is 31.5 Å². The Morgan fingerprint density at radius 3 is 2.76 bits per heavy atom. The first-order valence-electron chi connectivity index (χ1n) is 8.45. The molecule has 0 radical (unpaired) electrons. The first-order valence-corrected chi connectivity index (χ1v) is 8.45. The molecule has 132 valence electrons. The van der Waals surface area contributed by atoms with Crippen LogP contribution in [-0.2, 0) is 13.0 Å². The highest BCUT2D eigenvalue weighted by Crippen LogP contribution is 2.39. The Morgan fingerprint density at radius 2 is 2.08 bits per heavy atom. The SMILES string of the molecule is CC(C)n1nc2n(c(=O)c1=O)C[C@]1(CCN(C(=O)c3ccco3)C1)C2. The lowest BCUT2D eigenvalue weighted by Gasteiger charge is -2.22. The summed E-state index contributed by atoms with van der Waals surface area (Å²) in [6, 6.07) is 3.18. The van der Waals surface area contributed by atoms with E-state index in [0.717, 1.165) is 6.42 Å². The summed E-state index contributed by atoms with van der Waals surface area (Å²) in [7, 11) is 0. The van der Waals surface area contributed by atoms with Crippen LogP contribution in [0.5, 0.6) is 0 Å². The van der Waals surface area contributed by atoms with Crippen LogP contribution >= 0.6 is 0 Å². The van der Waals surface area contributed by atoms with E-state index < -0.39 is 11.1 Å². The molecule has 0 aliphatic carbocycles. The summed E-state index contributed by atoms with van der Waals surface area (Å²) in [5, 5.41) is 4.40. The molecule has 25 heavy (non-hydrogen) atoms. The fourth-order valence-electron chi connectivity index (χ4n) is 3.86. The summed E-state index contributed by atoms with van der Waals surface area (Å²) >= 11 is 0. The summed E-state index contributed by atoms with van der Waals surface area (Å²) in [6.45, 7) is 5.23. The predicted molar refractivity (Wildman–Crippen MR) is 88.5 cm³/mol. The summed E-state index contributed by atoms with van der Waals surface area (Å²) in [4.78, 5) is 38.8. The van der Waals surface area contributed by atoms with Gasteiger partial charge in [-0.1, -0.05) is 0 Å². The summed E-state index contributed by atoms with van der Waals surface area (Å²) < 4.78 is 7.94. The van der Waals surface area contributed by atoms with E-state index in [4.69, 9.17) is 4.42 Å². The van der Waals surface area contributed by atoms with Crippen molar-refractivity contribution in [3.8, 4) is 0 Å². The van der Waals surface area contributed by atoms with Gasteiger partial charge in [0.05, 0.1) is 12.3 Å². The van der Waals surface area contributed by atoms with Gasteiger partial charge in [-0.05, 0) is 32.4 Å². The molecule has 0 bridgehead atoms. The highest BCUT2D eigenvalue weighted by Gasteiger charge is 2.46. The molecule has 8 nitrogen and oxygen atoms in total. The highest BCUT2D eigenvalue weighted by atomic mass is 16.3. The van der Waals surface area contributed by atoms with Crippen LogP contribution in [0.3, 0.4) is 0 Å². The molecule has 2 aromatic rings. The van der Waals surface area contributed by atoms with Crippen LogP contribution in [0.2, 0.25) is 0 Å². The van der Waals surface area contributed by atoms with Gasteiger partial charge in [-0.2, -0.15) is 5.10 Å². The lowest BCUT2D eigenvalue weighted by molar-refractivity contribution is 0.0740. The fourth-order valence-corrected chi connectivity index (χ4v) is 3.86. The lowest BCUT2D eigenvalue weighted by atomic mass is 9.86. The molecule has 0 unspecified atom stereocenters. The standard InChI is InChI=1S/C17H20N4O4/c1-11(2)21-16(24)15(23)20-10-17(8-13(20)18-21)5-6-19(9-17)14(22)12-4-3-7-25-12/h3-4,7,11H,5-6,8-10H2,1-2H3/t17-/m1/s1. The maximum absolute atomic E-state index is 12.5. The molecule has 1 amide bonds. The van der Waals surface area contributed by atoms with Crippen LogP contribution in [0.1, 0.15) is 42.7 Å². The Kier molecular flexibility index (Phi) is 3.45. The maximum atomic E-state index is 12.5. The molecular formula is C17H20N4O4. The molecule has 4 heterocycles. The minimum Gasteiger partial charge on any atom is -0.459 e. The number of hydrogen-bond donors (Lipinski definition) is 0. The number of carbonyl (C=O) groups is 1. The molecule has 0 aromatic carbocycles. The monoisotopic (exact) mass is 344 g/mol. The molecule has 2 aliphatic heterocycles. The van der Waals surface area contributed by atoms with Gasteiger partial charge in [0.2, 0.25) is 0 Å². The smallest absolute Gasteiger partial charge is 0.332 e. The van der Waals surface area contributed by atoms with Crippen LogP contribution in [0, 0.1) is 5.41 Å². The van der Waals surface area contributed by atoms with E-state index in [2.05, 4.69) is 5.10 Å². The van der Waals surface area contributed by atoms with Crippen LogP contribution in [0.15, 0.2) is 32.4 Å². The number of amides is 1. The molecule has 1 saturated heterocycles. The minimum atomic E-state index is -0.586. The predicted octanol–water partition coefficient (Wildman–Crippen LogP) is 0.667. The van der Waals surface area contributed by atoms with E-state index in [1.54, 1.807) is 17.0 Å². The molecule has 1 atom stereocenters. The van der Waals surface area contributed by atoms with Gasteiger partial charge in [-0.25, -0.2) is 4.68 Å². The molecule has 8 heteroatoms. The van der Waals surface area contributed by atoms with Crippen molar-refractivity contribution in [2.75, 3.05) is 13.1 Å². The zero-order valence-corrected chi connectivity index (χ0v) is 14.3. The average Bonchev–Trinajstić information content (AvgIpc) is 3.30. The maximum Gasteiger partial charge on any atom is 0.332 e. The Labute approximate surface area is 143 Å². The topological polar surface area (TPSA) is 90.3 Å². The third-order valence-corrected chi connectivity index (χ3v) is 5.14. The fraction of sp³-hybridized carbons (Fsp3) is 0.529. The van der Waals surface area contributed by atoms with Crippen molar-refractivity contribution in [2.24, 2.45) is 5.41 Å². The molecule has 1 fully saturated rings. The number of fused-ring (bicyclic) bond motifs is 1. The summed E-state index contributed by atoms with van der Waals surface area (Å²) in [5.74, 6) is 0.813. The molecule has 0 N–H and O–H groups in total. The normalized spacial score (nSPS) is 22.1. The van der Waals surface area contributed by atoms with E-state index >= 15 is 0 Å². The van der Waals surface area contributed by atoms with Crippen LogP contribution in [0.4, 0.5) is 0 Å². The van der Waals surface area contributed by atoms with E-state index in [1.165, 1.54) is 15.5 Å². The van der Waals surface area contributed by atoms with Crippen molar-refractivity contribution in [3.63, 3.8) is 0 Å². The first kappa shape index (κ1) is 15.9. The van der Waals surface area contributed by atoms with Crippen molar-refractivity contribution in [3.05, 3.63) is 50.7 Å². The molecular weight excluding hydrogens is 324 g/mol. The molecule has 2 aliphatic rings. The largest absolute Gasteiger partial charge is 0.459 e. The van der Waals surface area contributed by atoms with E-state index in [-0.39, 0.29) is 17.4 Å². The third-order valence-electron chi connectivity index (χ3n) is 5.14.